The molecule has 1 saturated carbocycles. The van der Waals surface area contributed by atoms with Gasteiger partial charge in [-0.3, -0.25) is 4.79 Å². The van der Waals surface area contributed by atoms with Crippen LogP contribution >= 0.6 is 0 Å². The fourth-order valence-corrected chi connectivity index (χ4v) is 5.75. The van der Waals surface area contributed by atoms with Gasteiger partial charge in [0, 0.05) is 32.2 Å². The highest BCUT2D eigenvalue weighted by Gasteiger charge is 2.51. The third kappa shape index (κ3) is 3.03. The summed E-state index contributed by atoms with van der Waals surface area (Å²) in [4.78, 5) is 14.4. The molecule has 0 radical (unpaired) electrons. The number of sulfonamides is 1. The summed E-state index contributed by atoms with van der Waals surface area (Å²) >= 11 is 0. The van der Waals surface area contributed by atoms with Gasteiger partial charge in [0.1, 0.15) is 16.5 Å². The van der Waals surface area contributed by atoms with Crippen molar-refractivity contribution in [1.82, 2.24) is 9.21 Å². The van der Waals surface area contributed by atoms with Crippen LogP contribution in [0.2, 0.25) is 0 Å². The molecule has 2 saturated heterocycles. The summed E-state index contributed by atoms with van der Waals surface area (Å²) in [5, 5.41) is 0. The van der Waals surface area contributed by atoms with E-state index in [1.54, 1.807) is 0 Å². The first-order valence-electron chi connectivity index (χ1n) is 9.06. The Morgan fingerprint density at radius 2 is 1.92 bits per heavy atom. The van der Waals surface area contributed by atoms with Crippen molar-refractivity contribution in [3.05, 3.63) is 29.8 Å². The van der Waals surface area contributed by atoms with Crippen LogP contribution in [0.1, 0.15) is 32.1 Å². The van der Waals surface area contributed by atoms with Crippen molar-refractivity contribution in [3.8, 4) is 0 Å². The number of carbonyl (C=O) groups excluding carboxylic acids is 1. The largest absolute Gasteiger partial charge is 0.342 e. The van der Waals surface area contributed by atoms with Crippen molar-refractivity contribution in [2.45, 2.75) is 37.0 Å². The SMILES string of the molecule is O=C1N(CC2CC2)CCC[C@]12CCN(S(=O)(=O)c1ccc(F)cc1F)C2. The first-order valence-corrected chi connectivity index (χ1v) is 10.5. The zero-order chi connectivity index (χ0) is 18.5. The quantitative estimate of drug-likeness (QED) is 0.801. The van der Waals surface area contributed by atoms with Gasteiger partial charge in [0.05, 0.1) is 5.41 Å². The van der Waals surface area contributed by atoms with Gasteiger partial charge in [-0.1, -0.05) is 0 Å². The van der Waals surface area contributed by atoms with E-state index < -0.39 is 32.0 Å². The average Bonchev–Trinajstić information content (AvgIpc) is 3.29. The van der Waals surface area contributed by atoms with Crippen molar-refractivity contribution in [2.24, 2.45) is 11.3 Å². The Kier molecular flexibility index (Phi) is 4.30. The summed E-state index contributed by atoms with van der Waals surface area (Å²) < 4.78 is 53.9. The van der Waals surface area contributed by atoms with E-state index in [2.05, 4.69) is 0 Å². The van der Waals surface area contributed by atoms with E-state index in [4.69, 9.17) is 0 Å². The molecular formula is C18H22F2N2O3S. The normalized spacial score (nSPS) is 27.5. The molecule has 2 heterocycles. The van der Waals surface area contributed by atoms with Gasteiger partial charge in [-0.2, -0.15) is 4.31 Å². The molecule has 5 nitrogen and oxygen atoms in total. The third-order valence-corrected chi connectivity index (χ3v) is 7.71. The lowest BCUT2D eigenvalue weighted by molar-refractivity contribution is -0.145. The molecule has 1 aliphatic carbocycles. The summed E-state index contributed by atoms with van der Waals surface area (Å²) in [5.74, 6) is -1.30. The van der Waals surface area contributed by atoms with Crippen LogP contribution in [0.4, 0.5) is 8.78 Å². The molecule has 4 rings (SSSR count). The predicted molar refractivity (Wildman–Crippen MR) is 90.7 cm³/mol. The molecule has 0 aromatic heterocycles. The van der Waals surface area contributed by atoms with Crippen molar-refractivity contribution >= 4 is 15.9 Å². The second-order valence-corrected chi connectivity index (χ2v) is 9.65. The molecule has 26 heavy (non-hydrogen) atoms. The first-order chi connectivity index (χ1) is 12.3. The standard InChI is InChI=1S/C18H22F2N2O3S/c19-14-4-5-16(15(20)10-14)26(24,25)22-9-7-18(12-22)6-1-8-21(17(18)23)11-13-2-3-13/h4-5,10,13H,1-3,6-9,11-12H2/t18-/m1/s1. The van der Waals surface area contributed by atoms with Crippen molar-refractivity contribution in [3.63, 3.8) is 0 Å². The Morgan fingerprint density at radius 3 is 2.62 bits per heavy atom. The van der Waals surface area contributed by atoms with Gasteiger partial charge in [-0.05, 0) is 50.2 Å². The lowest BCUT2D eigenvalue weighted by Crippen LogP contribution is -2.50. The second-order valence-electron chi connectivity index (χ2n) is 7.74. The fraction of sp³-hybridized carbons (Fsp3) is 0.611. The Morgan fingerprint density at radius 1 is 1.15 bits per heavy atom. The first kappa shape index (κ1) is 17.9. The van der Waals surface area contributed by atoms with Crippen molar-refractivity contribution in [1.29, 1.82) is 0 Å². The summed E-state index contributed by atoms with van der Waals surface area (Å²) in [6.07, 6.45) is 4.28. The summed E-state index contributed by atoms with van der Waals surface area (Å²) in [6, 6.07) is 2.46. The molecule has 1 aromatic rings. The lowest BCUT2D eigenvalue weighted by atomic mass is 9.78. The van der Waals surface area contributed by atoms with E-state index in [0.29, 0.717) is 24.8 Å². The van der Waals surface area contributed by atoms with E-state index in [9.17, 15) is 22.0 Å². The molecule has 0 N–H and O–H groups in total. The molecule has 0 bridgehead atoms. The molecule has 3 aliphatic rings. The van der Waals surface area contributed by atoms with Gasteiger partial charge in [0.25, 0.3) is 0 Å². The Labute approximate surface area is 152 Å². The molecule has 1 atom stereocenters. The van der Waals surface area contributed by atoms with Crippen LogP contribution in [-0.2, 0) is 14.8 Å². The number of benzene rings is 1. The smallest absolute Gasteiger partial charge is 0.246 e. The van der Waals surface area contributed by atoms with Crippen molar-refractivity contribution in [2.75, 3.05) is 26.2 Å². The van der Waals surface area contributed by atoms with Gasteiger partial charge >= 0.3 is 0 Å². The lowest BCUT2D eigenvalue weighted by Gasteiger charge is -2.39. The number of halogens is 2. The number of rotatable bonds is 4. The fourth-order valence-electron chi connectivity index (χ4n) is 4.18. The summed E-state index contributed by atoms with van der Waals surface area (Å²) in [6.45, 7) is 1.75. The maximum Gasteiger partial charge on any atom is 0.246 e. The topological polar surface area (TPSA) is 57.7 Å². The van der Waals surface area contributed by atoms with Crippen LogP contribution < -0.4 is 0 Å². The Hall–Kier alpha value is -1.54. The number of amides is 1. The third-order valence-electron chi connectivity index (χ3n) is 5.83. The highest BCUT2D eigenvalue weighted by Crippen LogP contribution is 2.43. The van der Waals surface area contributed by atoms with Crippen molar-refractivity contribution < 1.29 is 22.0 Å². The molecule has 8 heteroatoms. The van der Waals surface area contributed by atoms with Gasteiger partial charge in [0.15, 0.2) is 0 Å². The van der Waals surface area contributed by atoms with Crippen LogP contribution in [-0.4, -0.2) is 49.7 Å². The molecular weight excluding hydrogens is 362 g/mol. The van der Waals surface area contributed by atoms with E-state index in [-0.39, 0.29) is 19.0 Å². The highest BCUT2D eigenvalue weighted by molar-refractivity contribution is 7.89. The van der Waals surface area contributed by atoms with Gasteiger partial charge < -0.3 is 4.90 Å². The molecule has 3 fully saturated rings. The van der Waals surface area contributed by atoms with Crippen LogP contribution in [0.25, 0.3) is 0 Å². The zero-order valence-electron chi connectivity index (χ0n) is 14.5. The van der Waals surface area contributed by atoms with E-state index in [1.165, 1.54) is 4.31 Å². The van der Waals surface area contributed by atoms with E-state index in [1.807, 2.05) is 4.90 Å². The number of piperidine rings is 1. The minimum Gasteiger partial charge on any atom is -0.342 e. The van der Waals surface area contributed by atoms with Crippen LogP contribution in [0.5, 0.6) is 0 Å². The molecule has 0 unspecified atom stereocenters. The predicted octanol–water partition coefficient (Wildman–Crippen LogP) is 2.38. The van der Waals surface area contributed by atoms with Crippen LogP contribution in [0.3, 0.4) is 0 Å². The Balaban J connectivity index is 1.56. The minimum atomic E-state index is -4.09. The average molecular weight is 384 g/mol. The number of hydrogen-bond acceptors (Lipinski definition) is 3. The van der Waals surface area contributed by atoms with E-state index in [0.717, 1.165) is 44.5 Å². The summed E-state index contributed by atoms with van der Waals surface area (Å²) in [7, 11) is -4.09. The van der Waals surface area contributed by atoms with Gasteiger partial charge in [-0.15, -0.1) is 0 Å². The van der Waals surface area contributed by atoms with Gasteiger partial charge in [0.2, 0.25) is 15.9 Å². The molecule has 1 amide bonds. The maximum atomic E-state index is 14.0. The number of carbonyl (C=O) groups is 1. The van der Waals surface area contributed by atoms with Crippen LogP contribution in [0.15, 0.2) is 23.1 Å². The zero-order valence-corrected chi connectivity index (χ0v) is 15.3. The number of hydrogen-bond donors (Lipinski definition) is 0. The molecule has 1 spiro atoms. The van der Waals surface area contributed by atoms with Gasteiger partial charge in [-0.25, -0.2) is 17.2 Å². The van der Waals surface area contributed by atoms with E-state index >= 15 is 0 Å². The van der Waals surface area contributed by atoms with Crippen LogP contribution in [0, 0.1) is 23.0 Å². The number of nitrogens with zero attached hydrogens (tertiary/aromatic N) is 2. The second kappa shape index (κ2) is 6.27. The molecule has 2 aliphatic heterocycles. The maximum absolute atomic E-state index is 14.0. The highest BCUT2D eigenvalue weighted by atomic mass is 32.2. The Bertz CT molecular complexity index is 841. The monoisotopic (exact) mass is 384 g/mol. The molecule has 1 aromatic carbocycles. The summed E-state index contributed by atoms with van der Waals surface area (Å²) in [5.41, 5.74) is -0.698. The minimum absolute atomic E-state index is 0.0351. The molecule has 142 valence electrons. The number of likely N-dealkylation sites (tertiary alicyclic amines) is 1.